The van der Waals surface area contributed by atoms with E-state index in [0.717, 1.165) is 16.2 Å². The SMILES string of the molecule is Nc1nc(C(=NO)C(=O)N[C@@H]2C(=O)N3C(C(=O)O)=C(/C=C/CCO)CS[C@H]23)cs1. The number of hydrogen-bond donors (Lipinski definition) is 5. The number of nitrogens with two attached hydrogens (primary N) is 1. The van der Waals surface area contributed by atoms with E-state index in [0.29, 0.717) is 17.7 Å². The molecular formula is C16H17N5O6S2. The van der Waals surface area contributed by atoms with Crippen molar-refractivity contribution >= 4 is 51.7 Å². The van der Waals surface area contributed by atoms with Crippen LogP contribution < -0.4 is 11.1 Å². The van der Waals surface area contributed by atoms with Gasteiger partial charge in [0.2, 0.25) is 0 Å². The Kier molecular flexibility index (Phi) is 6.20. The van der Waals surface area contributed by atoms with Gasteiger partial charge in [-0.2, -0.15) is 0 Å². The number of carboxylic acids is 1. The van der Waals surface area contributed by atoms with Gasteiger partial charge in [-0.25, -0.2) is 9.78 Å². The van der Waals surface area contributed by atoms with Crippen LogP contribution in [0.1, 0.15) is 12.1 Å². The number of rotatable bonds is 7. The molecule has 29 heavy (non-hydrogen) atoms. The number of oxime groups is 1. The van der Waals surface area contributed by atoms with E-state index < -0.39 is 34.9 Å². The highest BCUT2D eigenvalue weighted by atomic mass is 32.2. The van der Waals surface area contributed by atoms with Crippen LogP contribution in [0.15, 0.2) is 34.0 Å². The molecule has 1 aromatic rings. The Morgan fingerprint density at radius 1 is 1.48 bits per heavy atom. The fourth-order valence-corrected chi connectivity index (χ4v) is 4.76. The van der Waals surface area contributed by atoms with E-state index in [4.69, 9.17) is 16.0 Å². The summed E-state index contributed by atoms with van der Waals surface area (Å²) < 4.78 is 0. The van der Waals surface area contributed by atoms with Crippen molar-refractivity contribution < 1.29 is 29.8 Å². The average molecular weight is 439 g/mol. The number of allylic oxidation sites excluding steroid dienone is 1. The van der Waals surface area contributed by atoms with Crippen LogP contribution in [0.2, 0.25) is 0 Å². The van der Waals surface area contributed by atoms with Gasteiger partial charge < -0.3 is 26.5 Å². The van der Waals surface area contributed by atoms with Gasteiger partial charge in [-0.15, -0.1) is 23.1 Å². The zero-order valence-electron chi connectivity index (χ0n) is 14.8. The maximum absolute atomic E-state index is 12.6. The minimum absolute atomic E-state index is 0.0647. The van der Waals surface area contributed by atoms with Crippen molar-refractivity contribution in [3.63, 3.8) is 0 Å². The van der Waals surface area contributed by atoms with E-state index >= 15 is 0 Å². The normalized spacial score (nSPS) is 21.9. The number of aliphatic hydroxyl groups is 1. The smallest absolute Gasteiger partial charge is 0.352 e. The van der Waals surface area contributed by atoms with E-state index in [2.05, 4.69) is 15.5 Å². The van der Waals surface area contributed by atoms with Crippen LogP contribution in [-0.2, 0) is 14.4 Å². The molecule has 0 aromatic carbocycles. The first-order chi connectivity index (χ1) is 13.9. The van der Waals surface area contributed by atoms with Gasteiger partial charge in [-0.1, -0.05) is 17.3 Å². The largest absolute Gasteiger partial charge is 0.477 e. The number of nitrogens with one attached hydrogen (secondary N) is 1. The first-order valence-corrected chi connectivity index (χ1v) is 10.2. The summed E-state index contributed by atoms with van der Waals surface area (Å²) in [6, 6.07) is -0.974. The molecule has 2 aliphatic heterocycles. The molecule has 0 saturated carbocycles. The van der Waals surface area contributed by atoms with Crippen LogP contribution in [0, 0.1) is 0 Å². The number of aliphatic carboxylic acids is 1. The summed E-state index contributed by atoms with van der Waals surface area (Å²) in [6.45, 7) is -0.0713. The van der Waals surface area contributed by atoms with Gasteiger partial charge in [0.15, 0.2) is 10.8 Å². The van der Waals surface area contributed by atoms with E-state index in [1.165, 1.54) is 17.1 Å². The van der Waals surface area contributed by atoms with Gasteiger partial charge in [0.25, 0.3) is 11.8 Å². The highest BCUT2D eigenvalue weighted by Gasteiger charge is 2.54. The second-order valence-corrected chi connectivity index (χ2v) is 7.97. The first kappa shape index (κ1) is 20.8. The molecule has 2 aliphatic rings. The quantitative estimate of drug-likeness (QED) is 0.163. The van der Waals surface area contributed by atoms with Gasteiger partial charge >= 0.3 is 5.97 Å². The molecule has 0 bridgehead atoms. The summed E-state index contributed by atoms with van der Waals surface area (Å²) in [5.41, 5.74) is 5.48. The number of carboxylic acid groups (broad SMARTS) is 1. The molecule has 11 nitrogen and oxygen atoms in total. The van der Waals surface area contributed by atoms with E-state index in [9.17, 15) is 19.5 Å². The molecular weight excluding hydrogens is 422 g/mol. The van der Waals surface area contributed by atoms with Crippen molar-refractivity contribution in [2.45, 2.75) is 17.8 Å². The molecule has 0 radical (unpaired) electrons. The predicted octanol–water partition coefficient (Wildman–Crippen LogP) is -0.419. The second kappa shape index (κ2) is 8.63. The van der Waals surface area contributed by atoms with Gasteiger partial charge in [0.05, 0.1) is 0 Å². The molecule has 3 heterocycles. The summed E-state index contributed by atoms with van der Waals surface area (Å²) in [5.74, 6) is -2.36. The number of aromatic nitrogens is 1. The Hall–Kier alpha value is -2.90. The molecule has 1 aromatic heterocycles. The van der Waals surface area contributed by atoms with Crippen LogP contribution in [0.4, 0.5) is 5.13 Å². The lowest BCUT2D eigenvalue weighted by Crippen LogP contribution is -2.71. The molecule has 2 atom stereocenters. The van der Waals surface area contributed by atoms with Crippen molar-refractivity contribution in [3.05, 3.63) is 34.5 Å². The fraction of sp³-hybridized carbons (Fsp3) is 0.312. The zero-order chi connectivity index (χ0) is 21.1. The zero-order valence-corrected chi connectivity index (χ0v) is 16.4. The third-order valence-electron chi connectivity index (χ3n) is 4.18. The molecule has 1 fully saturated rings. The molecule has 2 amide bonds. The molecule has 0 aliphatic carbocycles. The van der Waals surface area contributed by atoms with Crippen LogP contribution in [-0.4, -0.2) is 72.6 Å². The second-order valence-electron chi connectivity index (χ2n) is 5.97. The Morgan fingerprint density at radius 2 is 2.24 bits per heavy atom. The molecule has 0 unspecified atom stereocenters. The number of thiazole rings is 1. The number of amides is 2. The third-order valence-corrected chi connectivity index (χ3v) is 6.16. The summed E-state index contributed by atoms with van der Waals surface area (Å²) in [4.78, 5) is 41.7. The molecule has 0 spiro atoms. The number of carbonyl (C=O) groups is 3. The third kappa shape index (κ3) is 3.97. The number of anilines is 1. The predicted molar refractivity (Wildman–Crippen MR) is 105 cm³/mol. The number of β-lactam (4-membered cyclic amide) rings is 1. The molecule has 154 valence electrons. The molecule has 6 N–H and O–H groups in total. The molecule has 1 saturated heterocycles. The lowest BCUT2D eigenvalue weighted by atomic mass is 10.0. The average Bonchev–Trinajstić information content (AvgIpc) is 3.12. The Labute approximate surface area is 172 Å². The van der Waals surface area contributed by atoms with Gasteiger partial charge in [-0.3, -0.25) is 14.5 Å². The van der Waals surface area contributed by atoms with Crippen molar-refractivity contribution in [2.75, 3.05) is 18.1 Å². The lowest BCUT2D eigenvalue weighted by molar-refractivity contribution is -0.150. The number of carbonyl (C=O) groups excluding carboxylic acids is 2. The minimum Gasteiger partial charge on any atom is -0.477 e. The number of hydrogen-bond acceptors (Lipinski definition) is 10. The summed E-state index contributed by atoms with van der Waals surface area (Å²) >= 11 is 2.35. The van der Waals surface area contributed by atoms with E-state index in [1.54, 1.807) is 12.2 Å². The summed E-state index contributed by atoms with van der Waals surface area (Å²) in [7, 11) is 0. The molecule has 13 heteroatoms. The maximum Gasteiger partial charge on any atom is 0.352 e. The van der Waals surface area contributed by atoms with Gasteiger partial charge in [0.1, 0.15) is 22.8 Å². The maximum atomic E-state index is 12.6. The van der Waals surface area contributed by atoms with Crippen LogP contribution >= 0.6 is 23.1 Å². The highest BCUT2D eigenvalue weighted by molar-refractivity contribution is 8.00. The Balaban J connectivity index is 1.77. The van der Waals surface area contributed by atoms with Crippen molar-refractivity contribution in [1.29, 1.82) is 0 Å². The first-order valence-electron chi connectivity index (χ1n) is 8.31. The summed E-state index contributed by atoms with van der Waals surface area (Å²) in [5, 5.41) is 34.0. The number of nitrogens with zero attached hydrogens (tertiary/aromatic N) is 3. The topological polar surface area (TPSA) is 178 Å². The standard InChI is InChI=1S/C16H17N5O6S2/c17-16-18-8(6-29-16)9(20-27)12(23)19-10-13(24)21-11(15(25)26)7(3-1-2-4-22)5-28-14(10)21/h1,3,6,10,14,22,27H,2,4-5H2,(H2,17,18)(H,19,23)(H,25,26)/b3-1+,20-9?/t10-,14-/m1/s1. The van der Waals surface area contributed by atoms with Crippen LogP contribution in [0.3, 0.4) is 0 Å². The van der Waals surface area contributed by atoms with Crippen LogP contribution in [0.5, 0.6) is 0 Å². The number of thioether (sulfide) groups is 1. The van der Waals surface area contributed by atoms with Crippen LogP contribution in [0.25, 0.3) is 0 Å². The number of nitrogen functional groups attached to an aromatic ring is 1. The Bertz CT molecular complexity index is 940. The lowest BCUT2D eigenvalue weighted by Gasteiger charge is -2.49. The van der Waals surface area contributed by atoms with Gasteiger partial charge in [-0.05, 0) is 12.0 Å². The van der Waals surface area contributed by atoms with E-state index in [-0.39, 0.29) is 23.1 Å². The monoisotopic (exact) mass is 439 g/mol. The van der Waals surface area contributed by atoms with Gasteiger partial charge in [0, 0.05) is 17.7 Å². The fourth-order valence-electron chi connectivity index (χ4n) is 2.89. The highest BCUT2D eigenvalue weighted by Crippen LogP contribution is 2.40. The van der Waals surface area contributed by atoms with Crippen molar-refractivity contribution in [1.82, 2.24) is 15.2 Å². The molecule has 3 rings (SSSR count). The minimum atomic E-state index is -1.26. The van der Waals surface area contributed by atoms with E-state index in [1.807, 2.05) is 0 Å². The Morgan fingerprint density at radius 3 is 2.83 bits per heavy atom. The van der Waals surface area contributed by atoms with Crippen molar-refractivity contribution in [2.24, 2.45) is 5.16 Å². The van der Waals surface area contributed by atoms with Crippen molar-refractivity contribution in [3.8, 4) is 0 Å². The number of aliphatic hydroxyl groups excluding tert-OH is 1. The summed E-state index contributed by atoms with van der Waals surface area (Å²) in [6.07, 6.45) is 3.57. The number of fused-ring (bicyclic) bond motifs is 1.